The van der Waals surface area contributed by atoms with Crippen LogP contribution >= 0.6 is 35.3 Å². The van der Waals surface area contributed by atoms with Crippen molar-refractivity contribution in [1.29, 1.82) is 0 Å². The Labute approximate surface area is 251 Å². The molecule has 204 valence electrons. The molecule has 20 heteroatoms. The number of rotatable bonds is 11. The number of thioether (sulfide) groups is 3. The number of carboxylic acids is 3. The minimum atomic E-state index is -1.75. The number of carbonyl (C=O) groups is 5. The van der Waals surface area contributed by atoms with Crippen LogP contribution in [-0.4, -0.2) is 112 Å². The van der Waals surface area contributed by atoms with E-state index in [2.05, 4.69) is 20.8 Å². The molecule has 1 saturated heterocycles. The molecule has 3 rings (SSSR count). The van der Waals surface area contributed by atoms with Gasteiger partial charge in [-0.15, -0.1) is 28.6 Å². The summed E-state index contributed by atoms with van der Waals surface area (Å²) in [6.45, 7) is 1.08. The summed E-state index contributed by atoms with van der Waals surface area (Å²) in [7, 11) is 2.88. The minimum absolute atomic E-state index is 0. The molecule has 3 atom stereocenters. The van der Waals surface area contributed by atoms with Crippen LogP contribution in [0.3, 0.4) is 0 Å². The summed E-state index contributed by atoms with van der Waals surface area (Å²) in [4.78, 5) is 58.1. The Hall–Kier alpha value is -1.87. The molecule has 0 radical (unpaired) electrons. The van der Waals surface area contributed by atoms with Crippen LogP contribution < -0.4 is 45.7 Å². The van der Waals surface area contributed by atoms with Crippen LogP contribution in [0.2, 0.25) is 0 Å². The van der Waals surface area contributed by atoms with Crippen LogP contribution in [0.1, 0.15) is 6.92 Å². The van der Waals surface area contributed by atoms with Crippen LogP contribution in [0.25, 0.3) is 0 Å². The predicted octanol–water partition coefficient (Wildman–Crippen LogP) is -6.08. The van der Waals surface area contributed by atoms with Gasteiger partial charge < -0.3 is 35.9 Å². The van der Waals surface area contributed by atoms with Crippen molar-refractivity contribution >= 4 is 65.0 Å². The first kappa shape index (κ1) is 34.2. The molecule has 3 heterocycles. The summed E-state index contributed by atoms with van der Waals surface area (Å²) in [6, 6.07) is -1.13. The Kier molecular flexibility index (Phi) is 13.5. The van der Waals surface area contributed by atoms with Gasteiger partial charge >= 0.3 is 35.5 Å². The summed E-state index contributed by atoms with van der Waals surface area (Å²) >= 11 is 3.43. The second-order valence-electron chi connectivity index (χ2n) is 7.42. The number of carboxylic acid groups (broad SMARTS) is 3. The van der Waals surface area contributed by atoms with Crippen molar-refractivity contribution in [3.8, 4) is 0 Å². The smallest absolute Gasteiger partial charge is 0.543 e. The first-order valence-corrected chi connectivity index (χ1v) is 13.4. The zero-order valence-electron chi connectivity index (χ0n) is 20.8. The van der Waals surface area contributed by atoms with Gasteiger partial charge in [-0.25, -0.2) is 4.68 Å². The third-order valence-corrected chi connectivity index (χ3v) is 8.29. The van der Waals surface area contributed by atoms with Crippen molar-refractivity contribution in [1.82, 2.24) is 30.4 Å². The van der Waals surface area contributed by atoms with Gasteiger partial charge in [-0.1, -0.05) is 11.8 Å². The number of aryl methyl sites for hydroxylation is 1. The predicted molar refractivity (Wildman–Crippen MR) is 129 cm³/mol. The van der Waals surface area contributed by atoms with Crippen molar-refractivity contribution in [2.24, 2.45) is 12.8 Å². The number of hydrogen-bond donors (Lipinski definition) is 4. The van der Waals surface area contributed by atoms with E-state index in [9.17, 15) is 24.3 Å². The second kappa shape index (κ2) is 15.1. The van der Waals surface area contributed by atoms with E-state index in [-0.39, 0.29) is 58.3 Å². The number of nitrogens with zero attached hydrogens (tertiary/aromatic N) is 5. The molecule has 0 aromatic carbocycles. The number of carbonyl (C=O) groups excluding carboxylic acids is 3. The van der Waals surface area contributed by atoms with Gasteiger partial charge in [0, 0.05) is 38.3 Å². The molecule has 0 saturated carbocycles. The molecule has 1 aromatic rings. The fourth-order valence-corrected chi connectivity index (χ4v) is 6.33. The maximum Gasteiger partial charge on any atom is 1.00 e. The van der Waals surface area contributed by atoms with Crippen molar-refractivity contribution in [2.45, 2.75) is 29.2 Å². The second-order valence-corrected chi connectivity index (χ2v) is 10.5. The number of aromatic nitrogens is 4. The summed E-state index contributed by atoms with van der Waals surface area (Å²) in [5, 5.41) is 41.3. The number of fused-ring (bicyclic) bond motifs is 1. The van der Waals surface area contributed by atoms with Crippen molar-refractivity contribution < 1.29 is 73.6 Å². The molecule has 0 bridgehead atoms. The van der Waals surface area contributed by atoms with Gasteiger partial charge in [0.1, 0.15) is 11.4 Å². The van der Waals surface area contributed by atoms with E-state index >= 15 is 0 Å². The SMILES string of the molecule is CC(=O)O.CO[C@@]1(NC(=O)CSC[C@H](N)C(=O)O)C(=O)N2C(C(=O)[O-])=C(CSc3nnnn3C)CS[C@@H]21.[Na+]. The van der Waals surface area contributed by atoms with Gasteiger partial charge in [-0.3, -0.25) is 24.1 Å². The molecule has 5 N–H and O–H groups in total. The van der Waals surface area contributed by atoms with Gasteiger partial charge in [-0.05, 0) is 16.0 Å². The topological polar surface area (TPSA) is 243 Å². The van der Waals surface area contributed by atoms with Crippen LogP contribution in [0.4, 0.5) is 0 Å². The minimum Gasteiger partial charge on any atom is -0.543 e. The Balaban J connectivity index is 0.00000135. The Morgan fingerprint density at radius 3 is 2.50 bits per heavy atom. The van der Waals surface area contributed by atoms with Gasteiger partial charge in [-0.2, -0.15) is 0 Å². The van der Waals surface area contributed by atoms with E-state index in [0.717, 1.165) is 23.6 Å². The molecule has 2 aliphatic rings. The molecule has 0 aliphatic carbocycles. The van der Waals surface area contributed by atoms with Crippen LogP contribution in [-0.2, 0) is 35.8 Å². The average Bonchev–Trinajstić information content (AvgIpc) is 3.24. The van der Waals surface area contributed by atoms with Crippen LogP contribution in [0, 0.1) is 0 Å². The summed E-state index contributed by atoms with van der Waals surface area (Å²) in [5.41, 5.74) is 3.84. The molecular weight excluding hydrogens is 577 g/mol. The number of nitrogens with one attached hydrogen (secondary N) is 1. The number of aliphatic carboxylic acids is 3. The summed E-state index contributed by atoms with van der Waals surface area (Å²) < 4.78 is 6.78. The molecule has 2 aliphatic heterocycles. The molecule has 1 fully saturated rings. The average molecular weight is 602 g/mol. The number of tetrazole rings is 1. The van der Waals surface area contributed by atoms with Gasteiger partial charge in [0.05, 0.1) is 17.4 Å². The molecule has 38 heavy (non-hydrogen) atoms. The standard InChI is InChI=1S/C16H21N7O7S3.C2H4O2.Na/c1-22-15(19-20-21-22)33-4-7-3-32-14-16(30-2,13(29)23(14)10(7)12(27)28)18-9(24)6-31-5-8(17)11(25)26;1-2(3)4;/h8,14H,3-6,17H2,1-2H3,(H,18,24)(H,25,26)(H,27,28);1H3,(H,3,4);/q;;+1/p-1/t8-,14+,16-;;/m0../s1. The normalized spacial score (nSPS) is 20.7. The van der Waals surface area contributed by atoms with E-state index in [1.165, 1.54) is 35.3 Å². The maximum atomic E-state index is 13.0. The summed E-state index contributed by atoms with van der Waals surface area (Å²) in [6.07, 6.45) is 0. The van der Waals surface area contributed by atoms with E-state index in [0.29, 0.717) is 10.7 Å². The van der Waals surface area contributed by atoms with Gasteiger partial charge in [0.2, 0.25) is 11.1 Å². The monoisotopic (exact) mass is 601 g/mol. The molecule has 1 aromatic heterocycles. The molecule has 16 nitrogen and oxygen atoms in total. The molecule has 0 spiro atoms. The van der Waals surface area contributed by atoms with Gasteiger partial charge in [0.25, 0.3) is 17.6 Å². The Bertz CT molecular complexity index is 1100. The van der Waals surface area contributed by atoms with E-state index in [4.69, 9.17) is 25.5 Å². The first-order valence-electron chi connectivity index (χ1n) is 10.2. The Morgan fingerprint density at radius 1 is 1.37 bits per heavy atom. The number of hydrogen-bond acceptors (Lipinski definition) is 14. The third kappa shape index (κ3) is 8.07. The summed E-state index contributed by atoms with van der Waals surface area (Å²) in [5.74, 6) is -4.56. The fourth-order valence-electron chi connectivity index (χ4n) is 3.13. The van der Waals surface area contributed by atoms with Crippen LogP contribution in [0.15, 0.2) is 16.4 Å². The van der Waals surface area contributed by atoms with Gasteiger partial charge in [0.15, 0.2) is 0 Å². The molecular formula is C18H24N7NaO9S3. The zero-order chi connectivity index (χ0) is 27.9. The van der Waals surface area contributed by atoms with E-state index < -0.39 is 46.9 Å². The number of methoxy groups -OCH3 is 1. The molecule has 0 unspecified atom stereocenters. The number of β-lactam (4-membered cyclic amide) rings is 1. The van der Waals surface area contributed by atoms with Crippen molar-refractivity contribution in [2.75, 3.05) is 30.1 Å². The van der Waals surface area contributed by atoms with E-state index in [1.807, 2.05) is 0 Å². The zero-order valence-corrected chi connectivity index (χ0v) is 25.2. The first-order chi connectivity index (χ1) is 17.3. The maximum absolute atomic E-state index is 13.0. The number of ether oxygens (including phenoxy) is 1. The molecule has 2 amide bonds. The van der Waals surface area contributed by atoms with E-state index in [1.54, 1.807) is 7.05 Å². The quantitative estimate of drug-likeness (QED) is 0.0798. The fraction of sp³-hybridized carbons (Fsp3) is 0.556. The number of amides is 2. The third-order valence-electron chi connectivity index (χ3n) is 4.75. The van der Waals surface area contributed by atoms with Crippen LogP contribution in [0.5, 0.6) is 0 Å². The van der Waals surface area contributed by atoms with Crippen molar-refractivity contribution in [3.63, 3.8) is 0 Å². The largest absolute Gasteiger partial charge is 1.00 e. The van der Waals surface area contributed by atoms with Crippen molar-refractivity contribution in [3.05, 3.63) is 11.3 Å². The Morgan fingerprint density at radius 2 is 2.00 bits per heavy atom. The number of nitrogens with two attached hydrogens (primary N) is 1.